The number of benzene rings is 2. The van der Waals surface area contributed by atoms with E-state index in [0.29, 0.717) is 29.6 Å². The Kier molecular flexibility index (Phi) is 5.36. The van der Waals surface area contributed by atoms with Crippen molar-refractivity contribution in [1.82, 2.24) is 5.32 Å². The molecule has 0 unspecified atom stereocenters. The first-order valence-corrected chi connectivity index (χ1v) is 7.12. The first kappa shape index (κ1) is 15.8. The van der Waals surface area contributed by atoms with Crippen molar-refractivity contribution in [3.63, 3.8) is 0 Å². The van der Waals surface area contributed by atoms with Crippen molar-refractivity contribution in [3.05, 3.63) is 54.3 Å². The van der Waals surface area contributed by atoms with E-state index in [4.69, 9.17) is 4.74 Å². The normalized spacial score (nSPS) is 10.4. The van der Waals surface area contributed by atoms with Crippen molar-refractivity contribution in [2.75, 3.05) is 11.9 Å². The second-order valence-electron chi connectivity index (χ2n) is 5.28. The van der Waals surface area contributed by atoms with Crippen LogP contribution in [0.2, 0.25) is 0 Å². The number of carbonyl (C=O) groups is 1. The number of carbonyl (C=O) groups excluding carboxylic acids is 1. The Morgan fingerprint density at radius 3 is 2.68 bits per heavy atom. The van der Waals surface area contributed by atoms with E-state index in [9.17, 15) is 9.18 Å². The zero-order chi connectivity index (χ0) is 15.9. The lowest BCUT2D eigenvalue weighted by Crippen LogP contribution is -2.31. The van der Waals surface area contributed by atoms with Gasteiger partial charge in [0.1, 0.15) is 11.6 Å². The van der Waals surface area contributed by atoms with Crippen LogP contribution in [0.4, 0.5) is 14.9 Å². The van der Waals surface area contributed by atoms with Gasteiger partial charge in [0.25, 0.3) is 0 Å². The van der Waals surface area contributed by atoms with Crippen LogP contribution in [0.5, 0.6) is 11.5 Å². The number of rotatable bonds is 5. The zero-order valence-corrected chi connectivity index (χ0v) is 12.6. The molecule has 0 aliphatic carbocycles. The molecule has 22 heavy (non-hydrogen) atoms. The molecule has 116 valence electrons. The van der Waals surface area contributed by atoms with Gasteiger partial charge in [-0.1, -0.05) is 32.0 Å². The molecule has 0 aliphatic heterocycles. The average Bonchev–Trinajstić information content (AvgIpc) is 2.47. The van der Waals surface area contributed by atoms with Crippen LogP contribution in [0.3, 0.4) is 0 Å². The molecule has 2 amide bonds. The Labute approximate surface area is 129 Å². The van der Waals surface area contributed by atoms with E-state index in [-0.39, 0.29) is 11.8 Å². The van der Waals surface area contributed by atoms with E-state index in [1.807, 2.05) is 13.8 Å². The lowest BCUT2D eigenvalue weighted by atomic mass is 10.2. The molecular formula is C17H19FN2O2. The smallest absolute Gasteiger partial charge is 0.319 e. The zero-order valence-electron chi connectivity index (χ0n) is 12.6. The molecule has 0 saturated heterocycles. The molecule has 2 aromatic carbocycles. The summed E-state index contributed by atoms with van der Waals surface area (Å²) < 4.78 is 18.8. The van der Waals surface area contributed by atoms with Gasteiger partial charge in [0.15, 0.2) is 5.75 Å². The minimum Gasteiger partial charge on any atom is -0.455 e. The highest BCUT2D eigenvalue weighted by Crippen LogP contribution is 2.29. The summed E-state index contributed by atoms with van der Waals surface area (Å²) in [6.45, 7) is 4.61. The highest BCUT2D eigenvalue weighted by atomic mass is 19.1. The second kappa shape index (κ2) is 7.45. The number of para-hydroxylation sites is 2. The van der Waals surface area contributed by atoms with Gasteiger partial charge >= 0.3 is 6.03 Å². The third-order valence-electron chi connectivity index (χ3n) is 2.83. The number of halogens is 1. The Hall–Kier alpha value is -2.56. The topological polar surface area (TPSA) is 50.4 Å². The molecule has 0 spiro atoms. The van der Waals surface area contributed by atoms with Crippen molar-refractivity contribution in [2.24, 2.45) is 5.92 Å². The minimum absolute atomic E-state index is 0.302. The number of anilines is 1. The Morgan fingerprint density at radius 2 is 1.95 bits per heavy atom. The summed E-state index contributed by atoms with van der Waals surface area (Å²) in [5.74, 6) is 0.812. The van der Waals surface area contributed by atoms with Crippen molar-refractivity contribution >= 4 is 11.7 Å². The van der Waals surface area contributed by atoms with Gasteiger partial charge in [-0.3, -0.25) is 0 Å². The minimum atomic E-state index is -0.377. The quantitative estimate of drug-likeness (QED) is 0.860. The SMILES string of the molecule is CC(C)CNC(=O)Nc1ccccc1Oc1cccc(F)c1. The summed E-state index contributed by atoms with van der Waals surface area (Å²) >= 11 is 0. The van der Waals surface area contributed by atoms with Crippen molar-refractivity contribution in [2.45, 2.75) is 13.8 Å². The predicted molar refractivity (Wildman–Crippen MR) is 84.8 cm³/mol. The van der Waals surface area contributed by atoms with Crippen LogP contribution in [0, 0.1) is 11.7 Å². The molecule has 0 aromatic heterocycles. The van der Waals surface area contributed by atoms with E-state index >= 15 is 0 Å². The fourth-order valence-electron chi connectivity index (χ4n) is 1.78. The van der Waals surface area contributed by atoms with Crippen LogP contribution < -0.4 is 15.4 Å². The fourth-order valence-corrected chi connectivity index (χ4v) is 1.78. The van der Waals surface area contributed by atoms with Gasteiger partial charge in [-0.25, -0.2) is 9.18 Å². The highest BCUT2D eigenvalue weighted by Gasteiger charge is 2.08. The molecule has 2 aromatic rings. The van der Waals surface area contributed by atoms with Crippen molar-refractivity contribution < 1.29 is 13.9 Å². The maximum Gasteiger partial charge on any atom is 0.319 e. The maximum absolute atomic E-state index is 13.2. The maximum atomic E-state index is 13.2. The second-order valence-corrected chi connectivity index (χ2v) is 5.28. The Balaban J connectivity index is 2.08. The van der Waals surface area contributed by atoms with E-state index in [2.05, 4.69) is 10.6 Å². The van der Waals surface area contributed by atoms with Crippen LogP contribution in [0.1, 0.15) is 13.8 Å². The third-order valence-corrected chi connectivity index (χ3v) is 2.83. The van der Waals surface area contributed by atoms with Crippen molar-refractivity contribution in [1.29, 1.82) is 0 Å². The van der Waals surface area contributed by atoms with Crippen LogP contribution >= 0.6 is 0 Å². The Bertz CT molecular complexity index is 644. The molecule has 0 aliphatic rings. The van der Waals surface area contributed by atoms with Crippen molar-refractivity contribution in [3.8, 4) is 11.5 Å². The van der Waals surface area contributed by atoms with Gasteiger partial charge < -0.3 is 15.4 Å². The van der Waals surface area contributed by atoms with Gasteiger partial charge in [-0.15, -0.1) is 0 Å². The molecule has 4 nitrogen and oxygen atoms in total. The number of urea groups is 1. The molecule has 0 bridgehead atoms. The number of nitrogens with one attached hydrogen (secondary N) is 2. The summed E-state index contributed by atoms with van der Waals surface area (Å²) in [5.41, 5.74) is 0.521. The molecule has 0 heterocycles. The van der Waals surface area contributed by atoms with E-state index in [0.717, 1.165) is 0 Å². The third kappa shape index (κ3) is 4.77. The van der Waals surface area contributed by atoms with E-state index < -0.39 is 0 Å². The van der Waals surface area contributed by atoms with Crippen LogP contribution in [0.25, 0.3) is 0 Å². The van der Waals surface area contributed by atoms with Gasteiger partial charge in [-0.05, 0) is 30.2 Å². The first-order chi connectivity index (χ1) is 10.5. The molecule has 2 rings (SSSR count). The molecule has 0 saturated carbocycles. The highest BCUT2D eigenvalue weighted by molar-refractivity contribution is 5.90. The number of hydrogen-bond donors (Lipinski definition) is 2. The van der Waals surface area contributed by atoms with Gasteiger partial charge in [0.05, 0.1) is 5.69 Å². The van der Waals surface area contributed by atoms with Crippen LogP contribution in [-0.2, 0) is 0 Å². The van der Waals surface area contributed by atoms with E-state index in [1.54, 1.807) is 36.4 Å². The summed E-state index contributed by atoms with van der Waals surface area (Å²) in [4.78, 5) is 11.8. The van der Waals surface area contributed by atoms with Gasteiger partial charge in [-0.2, -0.15) is 0 Å². The fraction of sp³-hybridized carbons (Fsp3) is 0.235. The number of hydrogen-bond acceptors (Lipinski definition) is 2. The van der Waals surface area contributed by atoms with Crippen LogP contribution in [-0.4, -0.2) is 12.6 Å². The molecule has 0 atom stereocenters. The Morgan fingerprint density at radius 1 is 1.18 bits per heavy atom. The first-order valence-electron chi connectivity index (χ1n) is 7.12. The van der Waals surface area contributed by atoms with Gasteiger partial charge in [0, 0.05) is 12.6 Å². The van der Waals surface area contributed by atoms with Crippen LogP contribution in [0.15, 0.2) is 48.5 Å². The summed E-state index contributed by atoms with van der Waals surface area (Å²) in [6, 6.07) is 12.6. The lowest BCUT2D eigenvalue weighted by Gasteiger charge is -2.13. The average molecular weight is 302 g/mol. The molecule has 2 N–H and O–H groups in total. The largest absolute Gasteiger partial charge is 0.455 e. The molecule has 5 heteroatoms. The molecule has 0 radical (unpaired) electrons. The summed E-state index contributed by atoms with van der Waals surface area (Å²) in [7, 11) is 0. The summed E-state index contributed by atoms with van der Waals surface area (Å²) in [6.07, 6.45) is 0. The number of ether oxygens (including phenoxy) is 1. The predicted octanol–water partition coefficient (Wildman–Crippen LogP) is 4.40. The van der Waals surface area contributed by atoms with Gasteiger partial charge in [0.2, 0.25) is 0 Å². The molecular weight excluding hydrogens is 283 g/mol. The molecule has 0 fully saturated rings. The van der Waals surface area contributed by atoms with E-state index in [1.165, 1.54) is 12.1 Å². The standard InChI is InChI=1S/C17H19FN2O2/c1-12(2)11-19-17(21)20-15-8-3-4-9-16(15)22-14-7-5-6-13(18)10-14/h3-10,12H,11H2,1-2H3,(H2,19,20,21). The lowest BCUT2D eigenvalue weighted by molar-refractivity contribution is 0.251. The number of amides is 2. The summed E-state index contributed by atoms with van der Waals surface area (Å²) in [5, 5.41) is 5.50. The monoisotopic (exact) mass is 302 g/mol.